The van der Waals surface area contributed by atoms with E-state index in [9.17, 15) is 8.42 Å². The number of aromatic nitrogens is 1. The summed E-state index contributed by atoms with van der Waals surface area (Å²) in [5.41, 5.74) is 1.26. The third kappa shape index (κ3) is 4.64. The lowest BCUT2D eigenvalue weighted by atomic mass is 10.2. The average molecular weight is 256 g/mol. The first kappa shape index (κ1) is 13.0. The van der Waals surface area contributed by atoms with Crippen molar-refractivity contribution in [1.29, 1.82) is 5.26 Å². The Morgan fingerprint density at radius 2 is 2.31 bits per heavy atom. The summed E-state index contributed by atoms with van der Waals surface area (Å²) < 4.78 is 21.8. The molecule has 1 heterocycles. The topological polar surface area (TPSA) is 70.8 Å². The summed E-state index contributed by atoms with van der Waals surface area (Å²) in [5.74, 6) is 1.32. The van der Waals surface area contributed by atoms with Crippen LogP contribution in [0.15, 0.2) is 18.3 Å². The first-order valence-corrected chi connectivity index (χ1v) is 7.84. The second-order valence-electron chi connectivity index (χ2n) is 3.31. The van der Waals surface area contributed by atoms with E-state index in [0.717, 1.165) is 5.56 Å². The van der Waals surface area contributed by atoms with Gasteiger partial charge in [-0.05, 0) is 11.6 Å². The Hall–Kier alpha value is -1.06. The molecule has 0 unspecified atom stereocenters. The van der Waals surface area contributed by atoms with E-state index in [4.69, 9.17) is 5.26 Å². The van der Waals surface area contributed by atoms with Crippen LogP contribution < -0.4 is 0 Å². The van der Waals surface area contributed by atoms with Gasteiger partial charge < -0.3 is 0 Å². The number of hydrogen-bond donors (Lipinski definition) is 0. The van der Waals surface area contributed by atoms with E-state index in [1.165, 1.54) is 18.0 Å². The summed E-state index contributed by atoms with van der Waals surface area (Å²) in [6.07, 6.45) is 2.79. The lowest BCUT2D eigenvalue weighted by molar-refractivity contribution is 0.603. The molecule has 0 spiro atoms. The summed E-state index contributed by atoms with van der Waals surface area (Å²) in [4.78, 5) is 3.93. The standard InChI is InChI=1S/C10H12N2O2S2/c1-16(13,14)6-5-15-8-9-3-2-4-12-10(9)7-11/h2-4H,5-6,8H2,1H3. The number of rotatable bonds is 5. The van der Waals surface area contributed by atoms with Gasteiger partial charge in [-0.2, -0.15) is 17.0 Å². The van der Waals surface area contributed by atoms with Gasteiger partial charge in [0.05, 0.1) is 5.75 Å². The fraction of sp³-hybridized carbons (Fsp3) is 0.400. The van der Waals surface area contributed by atoms with Crippen LogP contribution in [0.5, 0.6) is 0 Å². The molecule has 1 aromatic rings. The van der Waals surface area contributed by atoms with Crippen molar-refractivity contribution in [2.75, 3.05) is 17.8 Å². The van der Waals surface area contributed by atoms with Crippen LogP contribution in [0.4, 0.5) is 0 Å². The quantitative estimate of drug-likeness (QED) is 0.741. The molecule has 0 aliphatic carbocycles. The molecule has 0 radical (unpaired) electrons. The third-order valence-electron chi connectivity index (χ3n) is 1.85. The lowest BCUT2D eigenvalue weighted by Crippen LogP contribution is -2.05. The predicted molar refractivity (Wildman–Crippen MR) is 64.8 cm³/mol. The molecule has 1 rings (SSSR count). The van der Waals surface area contributed by atoms with Crippen LogP contribution in [0.2, 0.25) is 0 Å². The van der Waals surface area contributed by atoms with Gasteiger partial charge in [-0.25, -0.2) is 13.4 Å². The van der Waals surface area contributed by atoms with Crippen molar-refractivity contribution in [2.24, 2.45) is 0 Å². The largest absolute Gasteiger partial charge is 0.245 e. The van der Waals surface area contributed by atoms with Crippen molar-refractivity contribution in [2.45, 2.75) is 5.75 Å². The Bertz CT molecular complexity index is 492. The minimum Gasteiger partial charge on any atom is -0.245 e. The fourth-order valence-electron chi connectivity index (χ4n) is 1.05. The van der Waals surface area contributed by atoms with E-state index in [1.54, 1.807) is 12.3 Å². The fourth-order valence-corrected chi connectivity index (χ4v) is 3.33. The molecule has 0 atom stereocenters. The van der Waals surface area contributed by atoms with Crippen LogP contribution in [-0.2, 0) is 15.6 Å². The summed E-state index contributed by atoms with van der Waals surface area (Å²) in [5, 5.41) is 8.79. The maximum Gasteiger partial charge on any atom is 0.148 e. The molecule has 0 aromatic carbocycles. The van der Waals surface area contributed by atoms with E-state index >= 15 is 0 Å². The number of pyridine rings is 1. The van der Waals surface area contributed by atoms with Gasteiger partial charge >= 0.3 is 0 Å². The van der Waals surface area contributed by atoms with E-state index in [2.05, 4.69) is 4.98 Å². The molecule has 0 aliphatic heterocycles. The van der Waals surface area contributed by atoms with E-state index in [-0.39, 0.29) is 5.75 Å². The molecule has 0 saturated carbocycles. The number of nitrogens with zero attached hydrogens (tertiary/aromatic N) is 2. The molecule has 0 bridgehead atoms. The monoisotopic (exact) mass is 256 g/mol. The van der Waals surface area contributed by atoms with Crippen LogP contribution in [0.1, 0.15) is 11.3 Å². The smallest absolute Gasteiger partial charge is 0.148 e. The van der Waals surface area contributed by atoms with Crippen LogP contribution in [-0.4, -0.2) is 31.2 Å². The van der Waals surface area contributed by atoms with Gasteiger partial charge in [-0.1, -0.05) is 6.07 Å². The first-order valence-electron chi connectivity index (χ1n) is 4.62. The zero-order valence-electron chi connectivity index (χ0n) is 8.88. The minimum atomic E-state index is -2.90. The zero-order valence-corrected chi connectivity index (χ0v) is 10.5. The second-order valence-corrected chi connectivity index (χ2v) is 6.67. The van der Waals surface area contributed by atoms with Gasteiger partial charge in [-0.15, -0.1) is 0 Å². The van der Waals surface area contributed by atoms with Crippen LogP contribution in [0.25, 0.3) is 0 Å². The molecule has 0 amide bonds. The van der Waals surface area contributed by atoms with Crippen LogP contribution >= 0.6 is 11.8 Å². The highest BCUT2D eigenvalue weighted by atomic mass is 32.2. The molecule has 6 heteroatoms. The average Bonchev–Trinajstić information content (AvgIpc) is 2.23. The molecule has 0 fully saturated rings. The van der Waals surface area contributed by atoms with Crippen molar-refractivity contribution in [3.8, 4) is 6.07 Å². The lowest BCUT2D eigenvalue weighted by Gasteiger charge is -2.02. The van der Waals surface area contributed by atoms with Gasteiger partial charge in [0.25, 0.3) is 0 Å². The molecule has 4 nitrogen and oxygen atoms in total. The number of thioether (sulfide) groups is 1. The Balaban J connectivity index is 2.47. The third-order valence-corrected chi connectivity index (χ3v) is 4.07. The van der Waals surface area contributed by atoms with Crippen molar-refractivity contribution in [3.05, 3.63) is 29.6 Å². The summed E-state index contributed by atoms with van der Waals surface area (Å²) in [6, 6.07) is 5.61. The number of sulfone groups is 1. The minimum absolute atomic E-state index is 0.166. The van der Waals surface area contributed by atoms with E-state index in [0.29, 0.717) is 17.2 Å². The SMILES string of the molecule is CS(=O)(=O)CCSCc1cccnc1C#N. The molecule has 16 heavy (non-hydrogen) atoms. The molecule has 0 N–H and O–H groups in total. The number of nitriles is 1. The molecule has 0 aliphatic rings. The van der Waals surface area contributed by atoms with Gasteiger partial charge in [-0.3, -0.25) is 0 Å². The van der Waals surface area contributed by atoms with Gasteiger partial charge in [0, 0.05) is 24.0 Å². The van der Waals surface area contributed by atoms with Crippen molar-refractivity contribution in [3.63, 3.8) is 0 Å². The molecular formula is C10H12N2O2S2. The Labute approximate surface area is 99.6 Å². The highest BCUT2D eigenvalue weighted by Gasteiger charge is 2.04. The summed E-state index contributed by atoms with van der Waals surface area (Å²) >= 11 is 1.49. The highest BCUT2D eigenvalue weighted by molar-refractivity contribution is 7.99. The van der Waals surface area contributed by atoms with Crippen LogP contribution in [0.3, 0.4) is 0 Å². The molecule has 1 aromatic heterocycles. The molecule has 86 valence electrons. The maximum absolute atomic E-state index is 10.9. The van der Waals surface area contributed by atoms with Gasteiger partial charge in [0.15, 0.2) is 0 Å². The normalized spacial score (nSPS) is 11.0. The maximum atomic E-state index is 10.9. The van der Waals surface area contributed by atoms with Gasteiger partial charge in [0.2, 0.25) is 0 Å². The molecular weight excluding hydrogens is 244 g/mol. The van der Waals surface area contributed by atoms with Crippen molar-refractivity contribution >= 4 is 21.6 Å². The second kappa shape index (κ2) is 5.87. The van der Waals surface area contributed by atoms with Crippen LogP contribution in [0, 0.1) is 11.3 Å². The number of hydrogen-bond acceptors (Lipinski definition) is 5. The Kier molecular flexibility index (Phi) is 4.77. The Morgan fingerprint density at radius 3 is 2.94 bits per heavy atom. The van der Waals surface area contributed by atoms with Crippen molar-refractivity contribution < 1.29 is 8.42 Å². The first-order chi connectivity index (χ1) is 7.53. The summed E-state index contributed by atoms with van der Waals surface area (Å²) in [6.45, 7) is 0. The van der Waals surface area contributed by atoms with E-state index in [1.807, 2.05) is 12.1 Å². The Morgan fingerprint density at radius 1 is 1.56 bits per heavy atom. The van der Waals surface area contributed by atoms with E-state index < -0.39 is 9.84 Å². The van der Waals surface area contributed by atoms with Crippen molar-refractivity contribution in [1.82, 2.24) is 4.98 Å². The zero-order chi connectivity index (χ0) is 12.0. The summed E-state index contributed by atoms with van der Waals surface area (Å²) in [7, 11) is -2.90. The van der Waals surface area contributed by atoms with Gasteiger partial charge in [0.1, 0.15) is 21.6 Å². The molecule has 0 saturated heterocycles. The highest BCUT2D eigenvalue weighted by Crippen LogP contribution is 2.14. The predicted octanol–water partition coefficient (Wildman–Crippen LogP) is 1.23.